The molecule has 32 heavy (non-hydrogen) atoms. The van der Waals surface area contributed by atoms with Gasteiger partial charge < -0.3 is 14.8 Å². The van der Waals surface area contributed by atoms with Gasteiger partial charge in [-0.1, -0.05) is 35.4 Å². The average Bonchev–Trinajstić information content (AvgIpc) is 2.73. The van der Waals surface area contributed by atoms with Crippen LogP contribution >= 0.6 is 0 Å². The molecule has 166 valence electrons. The maximum Gasteiger partial charge on any atom is 0.200 e. The highest BCUT2D eigenvalue weighted by Gasteiger charge is 2.29. The minimum atomic E-state index is -0.471. The van der Waals surface area contributed by atoms with Gasteiger partial charge >= 0.3 is 0 Å². The smallest absolute Gasteiger partial charge is 0.200 e. The van der Waals surface area contributed by atoms with E-state index in [2.05, 4.69) is 50.9 Å². The van der Waals surface area contributed by atoms with Crippen LogP contribution in [-0.2, 0) is 0 Å². The number of pyridine rings is 1. The van der Waals surface area contributed by atoms with E-state index in [1.165, 1.54) is 11.1 Å². The first-order valence-electron chi connectivity index (χ1n) is 11.3. The Balaban J connectivity index is 1.60. The summed E-state index contributed by atoms with van der Waals surface area (Å²) in [5.41, 5.74) is 4.25. The number of aromatic nitrogens is 1. The van der Waals surface area contributed by atoms with Crippen molar-refractivity contribution in [2.75, 3.05) is 0 Å². The van der Waals surface area contributed by atoms with Crippen molar-refractivity contribution in [1.82, 2.24) is 4.98 Å². The highest BCUT2D eigenvalue weighted by molar-refractivity contribution is 6.01. The Morgan fingerprint density at radius 2 is 1.94 bits per heavy atom. The number of H-pyrrole nitrogens is 1. The number of para-hydroxylation sites is 1. The quantitative estimate of drug-likeness (QED) is 0.327. The molecule has 0 saturated carbocycles. The average molecular weight is 430 g/mol. The van der Waals surface area contributed by atoms with E-state index in [0.717, 1.165) is 36.8 Å². The second-order valence-electron chi connectivity index (χ2n) is 9.21. The second-order valence-corrected chi connectivity index (χ2v) is 9.21. The van der Waals surface area contributed by atoms with Crippen molar-refractivity contribution in [1.29, 1.82) is 0 Å². The summed E-state index contributed by atoms with van der Waals surface area (Å²) in [4.78, 5) is 16.3. The van der Waals surface area contributed by atoms with E-state index in [-0.39, 0.29) is 11.2 Å². The molecule has 0 fully saturated rings. The number of hydrogen-bond acceptors (Lipinski definition) is 3. The molecular formula is C28H31NO3. The number of benzene rings is 2. The van der Waals surface area contributed by atoms with Crippen LogP contribution in [0.2, 0.25) is 0 Å². The molecule has 1 atom stereocenters. The Morgan fingerprint density at radius 3 is 2.72 bits per heavy atom. The molecule has 0 saturated heterocycles. The van der Waals surface area contributed by atoms with Crippen LogP contribution in [0.1, 0.15) is 58.9 Å². The number of phenols is 1. The van der Waals surface area contributed by atoms with Gasteiger partial charge in [0.05, 0.1) is 10.9 Å². The molecule has 2 aromatic carbocycles. The number of aromatic hydroxyl groups is 1. The van der Waals surface area contributed by atoms with Gasteiger partial charge in [-0.25, -0.2) is 0 Å². The van der Waals surface area contributed by atoms with Gasteiger partial charge in [0.1, 0.15) is 17.1 Å². The summed E-state index contributed by atoms with van der Waals surface area (Å²) in [5.74, 6) is 0.536. The zero-order valence-electron chi connectivity index (χ0n) is 19.3. The summed E-state index contributed by atoms with van der Waals surface area (Å²) in [6.45, 7) is 8.50. The molecular weight excluding hydrogens is 398 g/mol. The highest BCUT2D eigenvalue weighted by Crippen LogP contribution is 2.40. The van der Waals surface area contributed by atoms with Crippen molar-refractivity contribution in [3.05, 3.63) is 75.5 Å². The van der Waals surface area contributed by atoms with Crippen LogP contribution in [0.3, 0.4) is 0 Å². The van der Waals surface area contributed by atoms with Crippen LogP contribution in [0.25, 0.3) is 27.9 Å². The summed E-state index contributed by atoms with van der Waals surface area (Å²) in [6, 6.07) is 8.93. The van der Waals surface area contributed by atoms with Crippen molar-refractivity contribution in [3.8, 4) is 11.5 Å². The summed E-state index contributed by atoms with van der Waals surface area (Å²) >= 11 is 0. The lowest BCUT2D eigenvalue weighted by Crippen LogP contribution is -2.31. The zero-order chi connectivity index (χ0) is 22.9. The van der Waals surface area contributed by atoms with Crippen LogP contribution in [-0.4, -0.2) is 15.7 Å². The molecule has 0 aliphatic carbocycles. The van der Waals surface area contributed by atoms with Crippen molar-refractivity contribution in [2.45, 2.75) is 59.0 Å². The first-order chi connectivity index (χ1) is 15.3. The molecule has 3 aromatic rings. The standard InChI is InChI=1S/C28H31NO3/c1-18(2)9-7-10-19(3)11-8-15-28(4)16-14-21-24(32-28)17-23(30)25-26(21)29-22-13-6-5-12-20(22)27(25)31/h5-6,9,11-14,16-17,30H,7-8,10,15H2,1-4H3,(H,29,31)/b19-11+. The van der Waals surface area contributed by atoms with Crippen molar-refractivity contribution in [3.63, 3.8) is 0 Å². The van der Waals surface area contributed by atoms with Crippen molar-refractivity contribution >= 4 is 27.9 Å². The van der Waals surface area contributed by atoms with Gasteiger partial charge in [0, 0.05) is 22.5 Å². The maximum atomic E-state index is 13.0. The molecule has 1 aliphatic heterocycles. The van der Waals surface area contributed by atoms with Crippen LogP contribution in [0.15, 0.2) is 64.5 Å². The van der Waals surface area contributed by atoms with Crippen LogP contribution < -0.4 is 10.2 Å². The lowest BCUT2D eigenvalue weighted by molar-refractivity contribution is 0.128. The minimum absolute atomic E-state index is 0.0570. The molecule has 4 heteroatoms. The summed E-state index contributed by atoms with van der Waals surface area (Å²) in [7, 11) is 0. The SMILES string of the molecule is CC(C)=CCC/C(C)=C/CCC1(C)C=Cc2c(cc(O)c3c(=O)c4ccccc4[nH]c23)O1. The van der Waals surface area contributed by atoms with Crippen molar-refractivity contribution < 1.29 is 9.84 Å². The van der Waals surface area contributed by atoms with Gasteiger partial charge in [-0.3, -0.25) is 4.79 Å². The number of rotatable bonds is 6. The van der Waals surface area contributed by atoms with Gasteiger partial charge in [0.2, 0.25) is 5.43 Å². The third kappa shape index (κ3) is 4.36. The van der Waals surface area contributed by atoms with Crippen molar-refractivity contribution in [2.24, 2.45) is 0 Å². The number of hydrogen-bond donors (Lipinski definition) is 2. The predicted molar refractivity (Wildman–Crippen MR) is 133 cm³/mol. The van der Waals surface area contributed by atoms with Gasteiger partial charge in [-0.2, -0.15) is 0 Å². The third-order valence-corrected chi connectivity index (χ3v) is 6.14. The zero-order valence-corrected chi connectivity index (χ0v) is 19.3. The lowest BCUT2D eigenvalue weighted by Gasteiger charge is -2.32. The van der Waals surface area contributed by atoms with Crippen LogP contribution in [0.5, 0.6) is 11.5 Å². The Labute approximate surface area is 188 Å². The molecule has 0 amide bonds. The largest absolute Gasteiger partial charge is 0.507 e. The normalized spacial score (nSPS) is 17.9. The van der Waals surface area contributed by atoms with Crippen LogP contribution in [0.4, 0.5) is 0 Å². The van der Waals surface area contributed by atoms with E-state index in [9.17, 15) is 9.90 Å². The minimum Gasteiger partial charge on any atom is -0.507 e. The molecule has 1 aliphatic rings. The van der Waals surface area contributed by atoms with Crippen LogP contribution in [0, 0.1) is 0 Å². The molecule has 1 unspecified atom stereocenters. The molecule has 0 spiro atoms. The fraction of sp³-hybridized carbons (Fsp3) is 0.321. The predicted octanol–water partition coefficient (Wildman–Crippen LogP) is 7.02. The maximum absolute atomic E-state index is 13.0. The monoisotopic (exact) mass is 429 g/mol. The number of phenolic OH excluding ortho intramolecular Hbond substituents is 1. The summed E-state index contributed by atoms with van der Waals surface area (Å²) in [6.07, 6.45) is 12.5. The molecule has 1 aromatic heterocycles. The Hall–Kier alpha value is -3.27. The Kier molecular flexibility index (Phi) is 5.96. The van der Waals surface area contributed by atoms with E-state index in [1.54, 1.807) is 12.1 Å². The summed E-state index contributed by atoms with van der Waals surface area (Å²) in [5, 5.41) is 11.5. The highest BCUT2D eigenvalue weighted by atomic mass is 16.5. The fourth-order valence-electron chi connectivity index (χ4n) is 4.30. The molecule has 0 bridgehead atoms. The topological polar surface area (TPSA) is 62.3 Å². The molecule has 4 nitrogen and oxygen atoms in total. The first-order valence-corrected chi connectivity index (χ1v) is 11.3. The second kappa shape index (κ2) is 8.70. The number of nitrogens with one attached hydrogen (secondary N) is 1. The van der Waals surface area contributed by atoms with Gasteiger partial charge in [-0.05, 0) is 77.7 Å². The number of ether oxygens (including phenoxy) is 1. The van der Waals surface area contributed by atoms with Gasteiger partial charge in [0.25, 0.3) is 0 Å². The molecule has 0 radical (unpaired) electrons. The van der Waals surface area contributed by atoms with E-state index >= 15 is 0 Å². The summed E-state index contributed by atoms with van der Waals surface area (Å²) < 4.78 is 6.35. The van der Waals surface area contributed by atoms with E-state index in [0.29, 0.717) is 22.0 Å². The molecule has 2 heterocycles. The van der Waals surface area contributed by atoms with E-state index in [4.69, 9.17) is 4.74 Å². The molecule has 2 N–H and O–H groups in total. The van der Waals surface area contributed by atoms with E-state index in [1.807, 2.05) is 24.3 Å². The number of allylic oxidation sites excluding steroid dienone is 4. The number of aromatic amines is 1. The fourth-order valence-corrected chi connectivity index (χ4v) is 4.30. The third-order valence-electron chi connectivity index (χ3n) is 6.14. The lowest BCUT2D eigenvalue weighted by atomic mass is 9.93. The Bertz CT molecular complexity index is 1320. The van der Waals surface area contributed by atoms with E-state index < -0.39 is 5.60 Å². The Morgan fingerprint density at radius 1 is 1.16 bits per heavy atom. The number of fused-ring (bicyclic) bond motifs is 4. The molecule has 4 rings (SSSR count). The van der Waals surface area contributed by atoms with Gasteiger partial charge in [0.15, 0.2) is 0 Å². The van der Waals surface area contributed by atoms with Gasteiger partial charge in [-0.15, -0.1) is 0 Å². The first kappa shape index (κ1) is 21.9.